The number of nitrogens with zero attached hydrogens (tertiary/aromatic N) is 4. The largest absolute Gasteiger partial charge is 0.369 e. The molecule has 1 aromatic heterocycles. The topological polar surface area (TPSA) is 53.4 Å². The summed E-state index contributed by atoms with van der Waals surface area (Å²) in [7, 11) is 0. The molecule has 1 fully saturated rings. The molecule has 0 radical (unpaired) electrons. The van der Waals surface area contributed by atoms with Gasteiger partial charge in [0.15, 0.2) is 0 Å². The van der Waals surface area contributed by atoms with Crippen LogP contribution in [0.4, 0.5) is 5.69 Å². The summed E-state index contributed by atoms with van der Waals surface area (Å²) in [4.78, 5) is 17.9. The van der Waals surface area contributed by atoms with Crippen LogP contribution in [-0.4, -0.2) is 59.4 Å². The standard InChI is InChI=1S/C27H34ClN5O/c1-20-8-7-11-24(18-20)32-16-14-31(15-17-32)13-12-21(2)29-27(34)25-22(3)30-33(26(25)28)19-23-9-5-4-6-10-23/h4-11,18,21H,12-17,19H2,1-3H3,(H,29,34). The predicted molar refractivity (Wildman–Crippen MR) is 139 cm³/mol. The molecule has 1 aliphatic rings. The zero-order valence-corrected chi connectivity index (χ0v) is 21.1. The summed E-state index contributed by atoms with van der Waals surface area (Å²) in [5.74, 6) is -0.154. The summed E-state index contributed by atoms with van der Waals surface area (Å²) in [6, 6.07) is 18.7. The van der Waals surface area contributed by atoms with E-state index in [0.717, 1.165) is 44.7 Å². The normalized spacial score (nSPS) is 15.4. The van der Waals surface area contributed by atoms with E-state index in [-0.39, 0.29) is 11.9 Å². The van der Waals surface area contributed by atoms with Crippen LogP contribution >= 0.6 is 11.6 Å². The Morgan fingerprint density at radius 3 is 2.50 bits per heavy atom. The number of piperazine rings is 1. The highest BCUT2D eigenvalue weighted by Gasteiger charge is 2.23. The number of halogens is 1. The van der Waals surface area contributed by atoms with E-state index in [1.54, 1.807) is 4.68 Å². The maximum atomic E-state index is 13.0. The predicted octanol–water partition coefficient (Wildman–Crippen LogP) is 4.53. The van der Waals surface area contributed by atoms with Crippen molar-refractivity contribution in [3.63, 3.8) is 0 Å². The molecule has 7 heteroatoms. The summed E-state index contributed by atoms with van der Waals surface area (Å²) in [6.45, 7) is 11.6. The third kappa shape index (κ3) is 5.99. The minimum atomic E-state index is -0.154. The highest BCUT2D eigenvalue weighted by molar-refractivity contribution is 6.33. The molecule has 1 N–H and O–H groups in total. The van der Waals surface area contributed by atoms with Gasteiger partial charge in [0.25, 0.3) is 5.91 Å². The van der Waals surface area contributed by atoms with E-state index in [1.807, 2.05) is 37.3 Å². The summed E-state index contributed by atoms with van der Waals surface area (Å²) in [5.41, 5.74) is 4.81. The van der Waals surface area contributed by atoms with Gasteiger partial charge in [-0.1, -0.05) is 54.1 Å². The highest BCUT2D eigenvalue weighted by atomic mass is 35.5. The number of rotatable bonds is 8. The second-order valence-corrected chi connectivity index (χ2v) is 9.58. The molecule has 0 aliphatic carbocycles. The lowest BCUT2D eigenvalue weighted by Gasteiger charge is -2.36. The number of amides is 1. The molecule has 1 amide bonds. The molecule has 0 spiro atoms. The molecule has 1 saturated heterocycles. The lowest BCUT2D eigenvalue weighted by Crippen LogP contribution is -2.47. The summed E-state index contributed by atoms with van der Waals surface area (Å²) in [6.07, 6.45) is 0.894. The molecule has 4 rings (SSSR count). The molecule has 1 aliphatic heterocycles. The van der Waals surface area contributed by atoms with E-state index in [0.29, 0.717) is 23.0 Å². The summed E-state index contributed by atoms with van der Waals surface area (Å²) < 4.78 is 1.69. The third-order valence-electron chi connectivity index (χ3n) is 6.46. The van der Waals surface area contributed by atoms with Gasteiger partial charge in [-0.05, 0) is 50.5 Å². The minimum absolute atomic E-state index is 0.0512. The SMILES string of the molecule is Cc1cccc(N2CCN(CCC(C)NC(=O)c3c(C)nn(Cc4ccccc4)c3Cl)CC2)c1. The molecule has 34 heavy (non-hydrogen) atoms. The molecule has 1 atom stereocenters. The summed E-state index contributed by atoms with van der Waals surface area (Å²) in [5, 5.41) is 8.01. The van der Waals surface area contributed by atoms with E-state index in [2.05, 4.69) is 58.3 Å². The van der Waals surface area contributed by atoms with Gasteiger partial charge in [0.05, 0.1) is 17.8 Å². The van der Waals surface area contributed by atoms with Gasteiger partial charge in [0.2, 0.25) is 0 Å². The number of hydrogen-bond donors (Lipinski definition) is 1. The van der Waals surface area contributed by atoms with Gasteiger partial charge >= 0.3 is 0 Å². The van der Waals surface area contributed by atoms with Crippen molar-refractivity contribution in [2.24, 2.45) is 0 Å². The van der Waals surface area contributed by atoms with E-state index >= 15 is 0 Å². The van der Waals surface area contributed by atoms with E-state index < -0.39 is 0 Å². The van der Waals surface area contributed by atoms with Crippen LogP contribution in [0.5, 0.6) is 0 Å². The number of hydrogen-bond acceptors (Lipinski definition) is 4. The van der Waals surface area contributed by atoms with Gasteiger partial charge < -0.3 is 10.2 Å². The maximum absolute atomic E-state index is 13.0. The van der Waals surface area contributed by atoms with E-state index in [4.69, 9.17) is 11.6 Å². The summed E-state index contributed by atoms with van der Waals surface area (Å²) >= 11 is 6.56. The Labute approximate surface area is 207 Å². The van der Waals surface area contributed by atoms with Crippen molar-refractivity contribution < 1.29 is 4.79 Å². The molecule has 0 bridgehead atoms. The molecule has 0 saturated carbocycles. The molecule has 6 nitrogen and oxygen atoms in total. The van der Waals surface area contributed by atoms with E-state index in [1.165, 1.54) is 11.3 Å². The van der Waals surface area contributed by atoms with Crippen molar-refractivity contribution >= 4 is 23.2 Å². The van der Waals surface area contributed by atoms with Crippen LogP contribution in [0.3, 0.4) is 0 Å². The third-order valence-corrected chi connectivity index (χ3v) is 6.85. The fourth-order valence-electron chi connectivity index (χ4n) is 4.47. The van der Waals surface area contributed by atoms with Crippen molar-refractivity contribution in [1.82, 2.24) is 20.0 Å². The zero-order valence-electron chi connectivity index (χ0n) is 20.3. The van der Waals surface area contributed by atoms with Gasteiger partial charge in [0, 0.05) is 44.5 Å². The van der Waals surface area contributed by atoms with Crippen LogP contribution < -0.4 is 10.2 Å². The van der Waals surface area contributed by atoms with Crippen LogP contribution in [0.1, 0.15) is 40.5 Å². The van der Waals surface area contributed by atoms with Crippen molar-refractivity contribution in [1.29, 1.82) is 0 Å². The lowest BCUT2D eigenvalue weighted by atomic mass is 10.1. The molecular weight excluding hydrogens is 446 g/mol. The Bertz CT molecular complexity index is 1110. The molecule has 1 unspecified atom stereocenters. The van der Waals surface area contributed by atoms with Gasteiger partial charge in [-0.15, -0.1) is 0 Å². The van der Waals surface area contributed by atoms with Crippen molar-refractivity contribution in [3.8, 4) is 0 Å². The maximum Gasteiger partial charge on any atom is 0.256 e. The Hall–Kier alpha value is -2.83. The number of carbonyl (C=O) groups excluding carboxylic acids is 1. The van der Waals surface area contributed by atoms with Crippen molar-refractivity contribution in [3.05, 3.63) is 82.1 Å². The lowest BCUT2D eigenvalue weighted by molar-refractivity contribution is 0.0934. The molecule has 180 valence electrons. The first-order valence-corrected chi connectivity index (χ1v) is 12.4. The van der Waals surface area contributed by atoms with Gasteiger partial charge in [0.1, 0.15) is 5.15 Å². The Balaban J connectivity index is 1.26. The van der Waals surface area contributed by atoms with Crippen LogP contribution in [-0.2, 0) is 6.54 Å². The van der Waals surface area contributed by atoms with Crippen molar-refractivity contribution in [2.75, 3.05) is 37.6 Å². The number of nitrogens with one attached hydrogen (secondary N) is 1. The van der Waals surface area contributed by atoms with Gasteiger partial charge in [-0.3, -0.25) is 9.69 Å². The number of aromatic nitrogens is 2. The number of benzene rings is 2. The molecule has 2 heterocycles. The van der Waals surface area contributed by atoms with Gasteiger partial charge in [-0.25, -0.2) is 4.68 Å². The quantitative estimate of drug-likeness (QED) is 0.515. The first-order valence-electron chi connectivity index (χ1n) is 12.0. The average molecular weight is 480 g/mol. The first kappa shape index (κ1) is 24.3. The Morgan fingerprint density at radius 1 is 1.06 bits per heavy atom. The molecule has 2 aromatic carbocycles. The second kappa shape index (κ2) is 11.1. The fraction of sp³-hybridized carbons (Fsp3) is 0.407. The first-order chi connectivity index (χ1) is 16.4. The Kier molecular flexibility index (Phi) is 7.91. The van der Waals surface area contributed by atoms with Crippen molar-refractivity contribution in [2.45, 2.75) is 39.8 Å². The molecule has 3 aromatic rings. The van der Waals surface area contributed by atoms with Gasteiger partial charge in [-0.2, -0.15) is 5.10 Å². The average Bonchev–Trinajstić information content (AvgIpc) is 3.11. The number of anilines is 1. The fourth-order valence-corrected chi connectivity index (χ4v) is 4.79. The minimum Gasteiger partial charge on any atom is -0.369 e. The van der Waals surface area contributed by atoms with Crippen LogP contribution in [0, 0.1) is 13.8 Å². The van der Waals surface area contributed by atoms with Crippen LogP contribution in [0.2, 0.25) is 5.15 Å². The molecular formula is C27H34ClN5O. The monoisotopic (exact) mass is 479 g/mol. The Morgan fingerprint density at radius 2 is 1.79 bits per heavy atom. The smallest absolute Gasteiger partial charge is 0.256 e. The number of aryl methyl sites for hydroxylation is 2. The highest BCUT2D eigenvalue weighted by Crippen LogP contribution is 2.21. The van der Waals surface area contributed by atoms with Crippen LogP contribution in [0.15, 0.2) is 54.6 Å². The second-order valence-electron chi connectivity index (χ2n) is 9.23. The van der Waals surface area contributed by atoms with E-state index in [9.17, 15) is 4.79 Å². The zero-order chi connectivity index (χ0) is 24.1. The van der Waals surface area contributed by atoms with Crippen LogP contribution in [0.25, 0.3) is 0 Å². The number of carbonyl (C=O) groups is 1.